The van der Waals surface area contributed by atoms with Gasteiger partial charge in [0.2, 0.25) is 5.95 Å². The van der Waals surface area contributed by atoms with Crippen LogP contribution in [-0.4, -0.2) is 23.5 Å². The Morgan fingerprint density at radius 3 is 2.07 bits per heavy atom. The molecule has 1 aromatic heterocycles. The Bertz CT molecular complexity index is 1100. The Kier molecular flexibility index (Phi) is 6.28. The van der Waals surface area contributed by atoms with Crippen LogP contribution in [0.3, 0.4) is 0 Å². The van der Waals surface area contributed by atoms with Crippen LogP contribution in [-0.2, 0) is 10.0 Å². The van der Waals surface area contributed by atoms with Crippen LogP contribution in [0.2, 0.25) is 10.0 Å². The SMILES string of the molecule is Cc1cc(C)nc(NS(=O)(=O)c2ccc(NC(O)c3c(Cl)cccc3Cl)cc2)n1. The lowest BCUT2D eigenvalue weighted by molar-refractivity contribution is 0.208. The van der Waals surface area contributed by atoms with Crippen molar-refractivity contribution in [3.8, 4) is 0 Å². The van der Waals surface area contributed by atoms with E-state index in [0.717, 1.165) is 0 Å². The largest absolute Gasteiger partial charge is 0.369 e. The van der Waals surface area contributed by atoms with E-state index in [2.05, 4.69) is 20.0 Å². The maximum Gasteiger partial charge on any atom is 0.264 e. The molecule has 0 spiro atoms. The zero-order valence-electron chi connectivity index (χ0n) is 15.5. The van der Waals surface area contributed by atoms with E-state index in [9.17, 15) is 13.5 Å². The van der Waals surface area contributed by atoms with Gasteiger partial charge in [-0.05, 0) is 56.3 Å². The van der Waals surface area contributed by atoms with E-state index in [0.29, 0.717) is 32.7 Å². The van der Waals surface area contributed by atoms with Crippen LogP contribution in [0.25, 0.3) is 0 Å². The van der Waals surface area contributed by atoms with E-state index in [1.165, 1.54) is 24.3 Å². The van der Waals surface area contributed by atoms with Crippen molar-refractivity contribution in [3.05, 3.63) is 75.5 Å². The Hall–Kier alpha value is -2.39. The van der Waals surface area contributed by atoms with Crippen molar-refractivity contribution < 1.29 is 13.5 Å². The number of nitrogens with zero attached hydrogens (tertiary/aromatic N) is 2. The van der Waals surface area contributed by atoms with Crippen molar-refractivity contribution in [2.45, 2.75) is 25.0 Å². The Labute approximate surface area is 178 Å². The van der Waals surface area contributed by atoms with Crippen molar-refractivity contribution in [1.29, 1.82) is 0 Å². The van der Waals surface area contributed by atoms with Crippen molar-refractivity contribution in [3.63, 3.8) is 0 Å². The number of aliphatic hydroxyl groups is 1. The lowest BCUT2D eigenvalue weighted by Crippen LogP contribution is -2.16. The van der Waals surface area contributed by atoms with Gasteiger partial charge in [-0.2, -0.15) is 0 Å². The van der Waals surface area contributed by atoms with Crippen LogP contribution in [0.5, 0.6) is 0 Å². The predicted octanol–water partition coefficient (Wildman–Crippen LogP) is 4.30. The molecular weight excluding hydrogens is 435 g/mol. The van der Waals surface area contributed by atoms with E-state index in [-0.39, 0.29) is 10.8 Å². The summed E-state index contributed by atoms with van der Waals surface area (Å²) in [5.74, 6) is 0.00786. The normalized spacial score (nSPS) is 12.4. The zero-order valence-corrected chi connectivity index (χ0v) is 17.8. The van der Waals surface area contributed by atoms with Crippen LogP contribution in [0.4, 0.5) is 11.6 Å². The second-order valence-corrected chi connectivity index (χ2v) is 8.78. The summed E-state index contributed by atoms with van der Waals surface area (Å²) in [6.07, 6.45) is -1.17. The summed E-state index contributed by atoms with van der Waals surface area (Å²) in [7, 11) is -3.87. The van der Waals surface area contributed by atoms with Crippen LogP contribution in [0, 0.1) is 13.8 Å². The number of hydrogen-bond donors (Lipinski definition) is 3. The summed E-state index contributed by atoms with van der Waals surface area (Å²) in [5, 5.41) is 13.8. The number of hydrogen-bond acceptors (Lipinski definition) is 6. The number of benzene rings is 2. The van der Waals surface area contributed by atoms with Crippen LogP contribution >= 0.6 is 23.2 Å². The quantitative estimate of drug-likeness (QED) is 0.481. The number of sulfonamides is 1. The maximum absolute atomic E-state index is 12.6. The van der Waals surface area contributed by atoms with Crippen molar-refractivity contribution in [2.24, 2.45) is 0 Å². The monoisotopic (exact) mass is 452 g/mol. The first-order valence-electron chi connectivity index (χ1n) is 8.49. The minimum atomic E-state index is -3.87. The van der Waals surface area contributed by atoms with E-state index in [1.807, 2.05) is 0 Å². The molecule has 2 aromatic carbocycles. The van der Waals surface area contributed by atoms with Crippen LogP contribution in [0.15, 0.2) is 53.4 Å². The molecule has 152 valence electrons. The molecule has 1 unspecified atom stereocenters. The fraction of sp³-hybridized carbons (Fsp3) is 0.158. The lowest BCUT2D eigenvalue weighted by Gasteiger charge is -2.17. The third-order valence-corrected chi connectivity index (χ3v) is 5.95. The molecule has 0 amide bonds. The Morgan fingerprint density at radius 2 is 1.52 bits per heavy atom. The highest BCUT2D eigenvalue weighted by Crippen LogP contribution is 2.31. The number of aliphatic hydroxyl groups excluding tert-OH is 1. The van der Waals surface area contributed by atoms with E-state index < -0.39 is 16.3 Å². The topological polar surface area (TPSA) is 104 Å². The van der Waals surface area contributed by atoms with Gasteiger partial charge in [-0.3, -0.25) is 0 Å². The average molecular weight is 453 g/mol. The number of aryl methyl sites for hydroxylation is 2. The van der Waals surface area contributed by atoms with E-state index in [4.69, 9.17) is 23.2 Å². The molecule has 10 heteroatoms. The number of halogens is 2. The third kappa shape index (κ3) is 5.16. The molecule has 0 aliphatic heterocycles. The van der Waals surface area contributed by atoms with Crippen molar-refractivity contribution in [1.82, 2.24) is 9.97 Å². The first-order chi connectivity index (χ1) is 13.7. The average Bonchev–Trinajstić information content (AvgIpc) is 2.60. The van der Waals surface area contributed by atoms with Crippen LogP contribution < -0.4 is 10.0 Å². The predicted molar refractivity (Wildman–Crippen MR) is 114 cm³/mol. The Balaban J connectivity index is 1.77. The van der Waals surface area contributed by atoms with Gasteiger partial charge in [0.15, 0.2) is 6.23 Å². The van der Waals surface area contributed by atoms with Gasteiger partial charge < -0.3 is 10.4 Å². The summed E-state index contributed by atoms with van der Waals surface area (Å²) in [6.45, 7) is 3.51. The van der Waals surface area contributed by atoms with E-state index >= 15 is 0 Å². The highest BCUT2D eigenvalue weighted by Gasteiger charge is 2.18. The molecule has 3 aromatic rings. The summed E-state index contributed by atoms with van der Waals surface area (Å²) < 4.78 is 27.5. The minimum Gasteiger partial charge on any atom is -0.369 e. The van der Waals surface area contributed by atoms with Gasteiger partial charge in [0.25, 0.3) is 10.0 Å². The maximum atomic E-state index is 12.6. The second-order valence-electron chi connectivity index (χ2n) is 6.29. The summed E-state index contributed by atoms with van der Waals surface area (Å²) in [4.78, 5) is 8.18. The number of anilines is 2. The molecule has 0 saturated heterocycles. The van der Waals surface area contributed by atoms with Crippen molar-refractivity contribution >= 4 is 44.9 Å². The highest BCUT2D eigenvalue weighted by atomic mass is 35.5. The molecular formula is C19H18Cl2N4O3S. The molecule has 0 saturated carbocycles. The summed E-state index contributed by atoms with van der Waals surface area (Å²) in [5.41, 5.74) is 2.13. The first kappa shape index (κ1) is 21.3. The fourth-order valence-electron chi connectivity index (χ4n) is 2.68. The van der Waals surface area contributed by atoms with Gasteiger partial charge in [0.05, 0.1) is 4.90 Å². The van der Waals surface area contributed by atoms with Gasteiger partial charge >= 0.3 is 0 Å². The molecule has 0 fully saturated rings. The van der Waals surface area contributed by atoms with E-state index in [1.54, 1.807) is 38.1 Å². The van der Waals surface area contributed by atoms with Gasteiger partial charge in [-0.15, -0.1) is 0 Å². The molecule has 29 heavy (non-hydrogen) atoms. The molecule has 0 bridgehead atoms. The number of aromatic nitrogens is 2. The first-order valence-corrected chi connectivity index (χ1v) is 10.7. The summed E-state index contributed by atoms with van der Waals surface area (Å²) >= 11 is 12.2. The molecule has 0 aliphatic rings. The van der Waals surface area contributed by atoms with Gasteiger partial charge in [0, 0.05) is 32.7 Å². The lowest BCUT2D eigenvalue weighted by atomic mass is 10.2. The van der Waals surface area contributed by atoms with Gasteiger partial charge in [-0.1, -0.05) is 29.3 Å². The fourth-order valence-corrected chi connectivity index (χ4v) is 4.23. The molecule has 0 aliphatic carbocycles. The third-order valence-electron chi connectivity index (χ3n) is 3.95. The smallest absolute Gasteiger partial charge is 0.264 e. The molecule has 0 radical (unpaired) electrons. The van der Waals surface area contributed by atoms with Gasteiger partial charge in [0.1, 0.15) is 0 Å². The zero-order chi connectivity index (χ0) is 21.2. The molecule has 3 rings (SSSR count). The molecule has 1 heterocycles. The van der Waals surface area contributed by atoms with Gasteiger partial charge in [-0.25, -0.2) is 23.1 Å². The minimum absolute atomic E-state index is 0.00786. The number of nitrogens with one attached hydrogen (secondary N) is 2. The molecule has 1 atom stereocenters. The highest BCUT2D eigenvalue weighted by molar-refractivity contribution is 7.92. The number of rotatable bonds is 6. The Morgan fingerprint density at radius 1 is 0.966 bits per heavy atom. The molecule has 7 nitrogen and oxygen atoms in total. The molecule has 3 N–H and O–H groups in total. The summed E-state index contributed by atoms with van der Waals surface area (Å²) in [6, 6.07) is 12.5. The second kappa shape index (κ2) is 8.54. The van der Waals surface area contributed by atoms with Crippen molar-refractivity contribution in [2.75, 3.05) is 10.0 Å². The van der Waals surface area contributed by atoms with Crippen LogP contribution in [0.1, 0.15) is 23.2 Å². The standard InChI is InChI=1S/C19H18Cl2N4O3S/c1-11-10-12(2)23-19(22-11)25-29(27,28)14-8-6-13(7-9-14)24-18(26)17-15(20)4-3-5-16(17)21/h3-10,18,24,26H,1-2H3,(H,22,23,25).